The van der Waals surface area contributed by atoms with E-state index in [0.717, 1.165) is 0 Å². The summed E-state index contributed by atoms with van der Waals surface area (Å²) in [4.78, 5) is 31.1. The summed E-state index contributed by atoms with van der Waals surface area (Å²) in [6.07, 6.45) is 1.52. The van der Waals surface area contributed by atoms with Gasteiger partial charge in [-0.2, -0.15) is 0 Å². The standard InChI is InChI=1S/C13H16ClN3O3/c1-20-12(18)9-16-4-6-17(7-5-16)13(19)11-8-10(14)2-3-15-11/h2-3,8H,4-7,9H2,1H3. The summed E-state index contributed by atoms with van der Waals surface area (Å²) in [5.74, 6) is -0.397. The quantitative estimate of drug-likeness (QED) is 0.767. The van der Waals surface area contributed by atoms with Crippen molar-refractivity contribution in [3.05, 3.63) is 29.0 Å². The molecule has 0 aliphatic carbocycles. The number of hydrogen-bond donors (Lipinski definition) is 0. The summed E-state index contributed by atoms with van der Waals surface area (Å²) in [5.41, 5.74) is 0.346. The van der Waals surface area contributed by atoms with Crippen LogP contribution in [0, 0.1) is 0 Å². The summed E-state index contributed by atoms with van der Waals surface area (Å²) in [7, 11) is 1.37. The van der Waals surface area contributed by atoms with Crippen molar-refractivity contribution in [2.75, 3.05) is 39.8 Å². The van der Waals surface area contributed by atoms with Gasteiger partial charge in [0.25, 0.3) is 5.91 Å². The van der Waals surface area contributed by atoms with E-state index in [9.17, 15) is 9.59 Å². The zero-order valence-corrected chi connectivity index (χ0v) is 12.0. The Kier molecular flexibility index (Phi) is 4.92. The van der Waals surface area contributed by atoms with Gasteiger partial charge >= 0.3 is 5.97 Å². The number of pyridine rings is 1. The highest BCUT2D eigenvalue weighted by Gasteiger charge is 2.24. The second kappa shape index (κ2) is 6.67. The van der Waals surface area contributed by atoms with Gasteiger partial charge in [-0.15, -0.1) is 0 Å². The molecule has 2 heterocycles. The van der Waals surface area contributed by atoms with E-state index in [1.54, 1.807) is 17.0 Å². The Bertz CT molecular complexity index is 501. The molecule has 6 nitrogen and oxygen atoms in total. The van der Waals surface area contributed by atoms with Crippen LogP contribution >= 0.6 is 11.6 Å². The lowest BCUT2D eigenvalue weighted by Gasteiger charge is -2.33. The molecule has 0 spiro atoms. The Labute approximate surface area is 122 Å². The maximum Gasteiger partial charge on any atom is 0.319 e. The Morgan fingerprint density at radius 1 is 1.35 bits per heavy atom. The number of hydrogen-bond acceptors (Lipinski definition) is 5. The minimum atomic E-state index is -0.263. The molecular weight excluding hydrogens is 282 g/mol. The van der Waals surface area contributed by atoms with E-state index in [0.29, 0.717) is 36.9 Å². The van der Waals surface area contributed by atoms with Crippen LogP contribution in [0.4, 0.5) is 0 Å². The Morgan fingerprint density at radius 3 is 2.65 bits per heavy atom. The van der Waals surface area contributed by atoms with Crippen LogP contribution in [0.15, 0.2) is 18.3 Å². The number of carbonyl (C=O) groups is 2. The Morgan fingerprint density at radius 2 is 2.05 bits per heavy atom. The van der Waals surface area contributed by atoms with Gasteiger partial charge in [0.2, 0.25) is 0 Å². The first kappa shape index (κ1) is 14.7. The van der Waals surface area contributed by atoms with Crippen molar-refractivity contribution in [1.82, 2.24) is 14.8 Å². The molecule has 1 fully saturated rings. The van der Waals surface area contributed by atoms with Crippen molar-refractivity contribution in [3.8, 4) is 0 Å². The van der Waals surface area contributed by atoms with Crippen LogP contribution in [0.25, 0.3) is 0 Å². The lowest BCUT2D eigenvalue weighted by molar-refractivity contribution is -0.142. The third-order valence-corrected chi connectivity index (χ3v) is 3.42. The second-order valence-corrected chi connectivity index (χ2v) is 4.94. The van der Waals surface area contributed by atoms with Gasteiger partial charge < -0.3 is 9.64 Å². The second-order valence-electron chi connectivity index (χ2n) is 4.50. The monoisotopic (exact) mass is 297 g/mol. The lowest BCUT2D eigenvalue weighted by atomic mass is 10.2. The van der Waals surface area contributed by atoms with Gasteiger partial charge in [0.15, 0.2) is 0 Å². The molecular formula is C13H16ClN3O3. The van der Waals surface area contributed by atoms with Crippen LogP contribution in [-0.4, -0.2) is 66.5 Å². The van der Waals surface area contributed by atoms with Crippen LogP contribution in [0.2, 0.25) is 5.02 Å². The average Bonchev–Trinajstić information content (AvgIpc) is 2.47. The van der Waals surface area contributed by atoms with Crippen LogP contribution < -0.4 is 0 Å². The van der Waals surface area contributed by atoms with E-state index in [1.807, 2.05) is 4.90 Å². The number of piperazine rings is 1. The molecule has 1 saturated heterocycles. The highest BCUT2D eigenvalue weighted by molar-refractivity contribution is 6.30. The van der Waals surface area contributed by atoms with Gasteiger partial charge in [0, 0.05) is 37.4 Å². The highest BCUT2D eigenvalue weighted by atomic mass is 35.5. The van der Waals surface area contributed by atoms with E-state index in [2.05, 4.69) is 9.72 Å². The van der Waals surface area contributed by atoms with Crippen LogP contribution in [-0.2, 0) is 9.53 Å². The highest BCUT2D eigenvalue weighted by Crippen LogP contribution is 2.11. The molecule has 1 aromatic heterocycles. The number of rotatable bonds is 3. The largest absolute Gasteiger partial charge is 0.468 e. The fourth-order valence-electron chi connectivity index (χ4n) is 2.04. The number of carbonyl (C=O) groups excluding carboxylic acids is 2. The van der Waals surface area contributed by atoms with Crippen molar-refractivity contribution < 1.29 is 14.3 Å². The summed E-state index contributed by atoms with van der Waals surface area (Å²) < 4.78 is 4.62. The van der Waals surface area contributed by atoms with Gasteiger partial charge in [-0.1, -0.05) is 11.6 Å². The van der Waals surface area contributed by atoms with Gasteiger partial charge in [0.1, 0.15) is 5.69 Å². The molecule has 0 radical (unpaired) electrons. The van der Waals surface area contributed by atoms with Crippen molar-refractivity contribution in [2.24, 2.45) is 0 Å². The molecule has 108 valence electrons. The van der Waals surface area contributed by atoms with Crippen LogP contribution in [0.3, 0.4) is 0 Å². The zero-order valence-electron chi connectivity index (χ0n) is 11.2. The molecule has 1 aliphatic rings. The first-order valence-corrected chi connectivity index (χ1v) is 6.68. The summed E-state index contributed by atoms with van der Waals surface area (Å²) in [6, 6.07) is 3.19. The Balaban J connectivity index is 1.90. The summed E-state index contributed by atoms with van der Waals surface area (Å²) >= 11 is 5.85. The smallest absolute Gasteiger partial charge is 0.319 e. The maximum atomic E-state index is 12.2. The molecule has 0 unspecified atom stereocenters. The zero-order chi connectivity index (χ0) is 14.5. The number of methoxy groups -OCH3 is 1. The first-order chi connectivity index (χ1) is 9.60. The third kappa shape index (κ3) is 3.68. The third-order valence-electron chi connectivity index (χ3n) is 3.18. The van der Waals surface area contributed by atoms with E-state index in [-0.39, 0.29) is 18.4 Å². The number of esters is 1. The van der Waals surface area contributed by atoms with Gasteiger partial charge in [-0.05, 0) is 12.1 Å². The van der Waals surface area contributed by atoms with Crippen LogP contribution in [0.1, 0.15) is 10.5 Å². The van der Waals surface area contributed by atoms with Crippen molar-refractivity contribution >= 4 is 23.5 Å². The molecule has 0 aromatic carbocycles. The molecule has 0 N–H and O–H groups in total. The van der Waals surface area contributed by atoms with Crippen molar-refractivity contribution in [3.63, 3.8) is 0 Å². The number of nitrogens with zero attached hydrogens (tertiary/aromatic N) is 3. The molecule has 0 saturated carbocycles. The van der Waals surface area contributed by atoms with Gasteiger partial charge in [-0.3, -0.25) is 19.5 Å². The minimum Gasteiger partial charge on any atom is -0.468 e. The number of ether oxygens (including phenoxy) is 1. The molecule has 1 aliphatic heterocycles. The SMILES string of the molecule is COC(=O)CN1CCN(C(=O)c2cc(Cl)ccn2)CC1. The minimum absolute atomic E-state index is 0.134. The van der Waals surface area contributed by atoms with Crippen molar-refractivity contribution in [1.29, 1.82) is 0 Å². The van der Waals surface area contributed by atoms with Crippen LogP contribution in [0.5, 0.6) is 0 Å². The van der Waals surface area contributed by atoms with Gasteiger partial charge in [0.05, 0.1) is 13.7 Å². The van der Waals surface area contributed by atoms with Crippen molar-refractivity contribution in [2.45, 2.75) is 0 Å². The topological polar surface area (TPSA) is 62.7 Å². The molecule has 2 rings (SSSR count). The molecule has 1 amide bonds. The normalized spacial score (nSPS) is 16.0. The number of amides is 1. The lowest BCUT2D eigenvalue weighted by Crippen LogP contribution is -2.50. The average molecular weight is 298 g/mol. The molecule has 7 heteroatoms. The summed E-state index contributed by atoms with van der Waals surface area (Å²) in [5, 5.41) is 0.493. The fourth-order valence-corrected chi connectivity index (χ4v) is 2.20. The fraction of sp³-hybridized carbons (Fsp3) is 0.462. The van der Waals surface area contributed by atoms with E-state index >= 15 is 0 Å². The van der Waals surface area contributed by atoms with E-state index in [1.165, 1.54) is 13.3 Å². The first-order valence-electron chi connectivity index (χ1n) is 6.30. The molecule has 0 bridgehead atoms. The van der Waals surface area contributed by atoms with E-state index in [4.69, 9.17) is 11.6 Å². The number of aromatic nitrogens is 1. The molecule has 0 atom stereocenters. The number of halogens is 1. The molecule has 1 aromatic rings. The predicted octanol–water partition coefficient (Wildman–Crippen LogP) is 0.666. The summed E-state index contributed by atoms with van der Waals surface area (Å²) in [6.45, 7) is 2.66. The van der Waals surface area contributed by atoms with E-state index < -0.39 is 0 Å². The molecule has 20 heavy (non-hydrogen) atoms. The van der Waals surface area contributed by atoms with Gasteiger partial charge in [-0.25, -0.2) is 0 Å². The maximum absolute atomic E-state index is 12.2. The Hall–Kier alpha value is -1.66. The predicted molar refractivity (Wildman–Crippen MR) is 73.6 cm³/mol.